The Morgan fingerprint density at radius 2 is 2.54 bits per heavy atom. The summed E-state index contributed by atoms with van der Waals surface area (Å²) in [5.74, 6) is 0.254. The summed E-state index contributed by atoms with van der Waals surface area (Å²) in [6, 6.07) is 3.57. The van der Waals surface area contributed by atoms with Gasteiger partial charge in [-0.05, 0) is 18.4 Å². The van der Waals surface area contributed by atoms with Crippen molar-refractivity contribution in [3.63, 3.8) is 0 Å². The highest BCUT2D eigenvalue weighted by Gasteiger charge is 2.18. The lowest BCUT2D eigenvalue weighted by Crippen LogP contribution is -2.18. The number of hydrogen-bond acceptors (Lipinski definition) is 3. The summed E-state index contributed by atoms with van der Waals surface area (Å²) < 4.78 is 5.09. The monoisotopic (exact) mass is 200 g/mol. The molecule has 0 aliphatic rings. The predicted molar refractivity (Wildman–Crippen MR) is 51.9 cm³/mol. The highest BCUT2D eigenvalue weighted by atomic mass is 32.2. The zero-order valence-corrected chi connectivity index (χ0v) is 8.21. The Morgan fingerprint density at radius 1 is 1.77 bits per heavy atom. The number of carboxylic acid groups (broad SMARTS) is 1. The molecule has 13 heavy (non-hydrogen) atoms. The molecule has 1 N–H and O–H groups in total. The Hall–Kier alpha value is -0.900. The SMILES string of the molecule is CSCC(Cc1ccco1)C(=O)O. The van der Waals surface area contributed by atoms with E-state index in [1.54, 1.807) is 18.4 Å². The van der Waals surface area contributed by atoms with E-state index in [1.807, 2.05) is 6.26 Å². The third-order valence-corrected chi connectivity index (χ3v) is 2.48. The molecular weight excluding hydrogens is 188 g/mol. The smallest absolute Gasteiger partial charge is 0.307 e. The zero-order chi connectivity index (χ0) is 9.68. The van der Waals surface area contributed by atoms with E-state index in [-0.39, 0.29) is 5.92 Å². The third-order valence-electron chi connectivity index (χ3n) is 1.74. The number of rotatable bonds is 5. The van der Waals surface area contributed by atoms with Crippen LogP contribution >= 0.6 is 11.8 Å². The Kier molecular flexibility index (Phi) is 3.89. The molecule has 0 aliphatic carbocycles. The van der Waals surface area contributed by atoms with Gasteiger partial charge in [-0.2, -0.15) is 11.8 Å². The predicted octanol–water partition coefficient (Wildman–Crippen LogP) is 1.89. The van der Waals surface area contributed by atoms with E-state index in [9.17, 15) is 4.79 Å². The van der Waals surface area contributed by atoms with Crippen LogP contribution in [-0.4, -0.2) is 23.1 Å². The molecule has 72 valence electrons. The van der Waals surface area contributed by atoms with Gasteiger partial charge in [0, 0.05) is 12.2 Å². The molecule has 0 spiro atoms. The van der Waals surface area contributed by atoms with Crippen molar-refractivity contribution in [2.75, 3.05) is 12.0 Å². The number of aliphatic carboxylic acids is 1. The van der Waals surface area contributed by atoms with Gasteiger partial charge in [-0.1, -0.05) is 0 Å². The second-order valence-electron chi connectivity index (χ2n) is 2.77. The summed E-state index contributed by atoms with van der Waals surface area (Å²) in [5.41, 5.74) is 0. The van der Waals surface area contributed by atoms with Crippen LogP contribution in [0.1, 0.15) is 5.76 Å². The van der Waals surface area contributed by atoms with Gasteiger partial charge in [-0.25, -0.2) is 0 Å². The first-order valence-electron chi connectivity index (χ1n) is 3.98. The van der Waals surface area contributed by atoms with Gasteiger partial charge < -0.3 is 9.52 Å². The van der Waals surface area contributed by atoms with Crippen LogP contribution in [0.25, 0.3) is 0 Å². The van der Waals surface area contributed by atoms with Gasteiger partial charge in [0.1, 0.15) is 5.76 Å². The van der Waals surface area contributed by atoms with Crippen molar-refractivity contribution >= 4 is 17.7 Å². The largest absolute Gasteiger partial charge is 0.481 e. The molecule has 1 unspecified atom stereocenters. The first-order valence-corrected chi connectivity index (χ1v) is 5.37. The minimum atomic E-state index is -0.759. The summed E-state index contributed by atoms with van der Waals surface area (Å²) in [6.07, 6.45) is 3.94. The van der Waals surface area contributed by atoms with Gasteiger partial charge in [-0.3, -0.25) is 4.79 Å². The molecule has 1 aromatic heterocycles. The Bertz CT molecular complexity index is 256. The fraction of sp³-hybridized carbons (Fsp3) is 0.444. The van der Waals surface area contributed by atoms with Crippen LogP contribution < -0.4 is 0 Å². The lowest BCUT2D eigenvalue weighted by molar-refractivity contribution is -0.140. The van der Waals surface area contributed by atoms with Crippen LogP contribution in [0.3, 0.4) is 0 Å². The van der Waals surface area contributed by atoms with Gasteiger partial charge in [0.05, 0.1) is 12.2 Å². The minimum absolute atomic E-state index is 0.346. The number of carbonyl (C=O) groups is 1. The molecule has 0 radical (unpaired) electrons. The number of carboxylic acids is 1. The maximum atomic E-state index is 10.8. The molecule has 4 heteroatoms. The molecule has 0 saturated carbocycles. The summed E-state index contributed by atoms with van der Waals surface area (Å²) in [5, 5.41) is 8.85. The number of hydrogen-bond donors (Lipinski definition) is 1. The van der Waals surface area contributed by atoms with Crippen molar-refractivity contribution < 1.29 is 14.3 Å². The van der Waals surface area contributed by atoms with E-state index in [0.717, 1.165) is 5.76 Å². The summed E-state index contributed by atoms with van der Waals surface area (Å²) in [6.45, 7) is 0. The molecule has 1 atom stereocenters. The molecule has 1 aromatic rings. The molecule has 0 bridgehead atoms. The van der Waals surface area contributed by atoms with E-state index in [0.29, 0.717) is 12.2 Å². The van der Waals surface area contributed by atoms with E-state index in [4.69, 9.17) is 9.52 Å². The number of furan rings is 1. The van der Waals surface area contributed by atoms with E-state index in [2.05, 4.69) is 0 Å². The van der Waals surface area contributed by atoms with E-state index >= 15 is 0 Å². The molecule has 0 aliphatic heterocycles. The Morgan fingerprint density at radius 3 is 3.00 bits per heavy atom. The van der Waals surface area contributed by atoms with Crippen molar-refractivity contribution in [1.82, 2.24) is 0 Å². The average molecular weight is 200 g/mol. The lowest BCUT2D eigenvalue weighted by atomic mass is 10.1. The third kappa shape index (κ3) is 3.14. The number of thioether (sulfide) groups is 1. The topological polar surface area (TPSA) is 50.4 Å². The first-order chi connectivity index (χ1) is 6.24. The first kappa shape index (κ1) is 10.2. The fourth-order valence-corrected chi connectivity index (χ4v) is 1.75. The van der Waals surface area contributed by atoms with Gasteiger partial charge in [-0.15, -0.1) is 0 Å². The van der Waals surface area contributed by atoms with Crippen molar-refractivity contribution in [1.29, 1.82) is 0 Å². The molecule has 0 fully saturated rings. The maximum absolute atomic E-state index is 10.8. The quantitative estimate of drug-likeness (QED) is 0.788. The summed E-state index contributed by atoms with van der Waals surface area (Å²) in [7, 11) is 0. The molecule has 0 saturated heterocycles. The highest BCUT2D eigenvalue weighted by Crippen LogP contribution is 2.13. The van der Waals surface area contributed by atoms with Crippen molar-refractivity contribution in [2.24, 2.45) is 5.92 Å². The van der Waals surface area contributed by atoms with Gasteiger partial charge in [0.2, 0.25) is 0 Å². The minimum Gasteiger partial charge on any atom is -0.481 e. The average Bonchev–Trinajstić information content (AvgIpc) is 2.56. The van der Waals surface area contributed by atoms with Crippen molar-refractivity contribution in [3.05, 3.63) is 24.2 Å². The second-order valence-corrected chi connectivity index (χ2v) is 3.68. The van der Waals surface area contributed by atoms with Crippen LogP contribution in [0.15, 0.2) is 22.8 Å². The standard InChI is InChI=1S/C9H12O3S/c1-13-6-7(9(10)11)5-8-3-2-4-12-8/h2-4,7H,5-6H2,1H3,(H,10,11). The molecule has 0 aromatic carbocycles. The zero-order valence-electron chi connectivity index (χ0n) is 7.40. The van der Waals surface area contributed by atoms with Gasteiger partial charge in [0.25, 0.3) is 0 Å². The van der Waals surface area contributed by atoms with Crippen LogP contribution in [0.5, 0.6) is 0 Å². The van der Waals surface area contributed by atoms with Crippen molar-refractivity contribution in [3.8, 4) is 0 Å². The van der Waals surface area contributed by atoms with Crippen LogP contribution in [0.2, 0.25) is 0 Å². The fourth-order valence-electron chi connectivity index (χ4n) is 1.09. The lowest BCUT2D eigenvalue weighted by Gasteiger charge is -2.07. The molecule has 0 amide bonds. The Balaban J connectivity index is 2.52. The molecular formula is C9H12O3S. The van der Waals surface area contributed by atoms with Crippen LogP contribution in [0.4, 0.5) is 0 Å². The summed E-state index contributed by atoms with van der Waals surface area (Å²) in [4.78, 5) is 10.8. The van der Waals surface area contributed by atoms with Crippen molar-refractivity contribution in [2.45, 2.75) is 6.42 Å². The Labute approximate surface area is 81.1 Å². The highest BCUT2D eigenvalue weighted by molar-refractivity contribution is 7.98. The van der Waals surface area contributed by atoms with Crippen LogP contribution in [0, 0.1) is 5.92 Å². The van der Waals surface area contributed by atoms with E-state index in [1.165, 1.54) is 11.8 Å². The normalized spacial score (nSPS) is 12.7. The molecule has 1 rings (SSSR count). The molecule has 1 heterocycles. The van der Waals surface area contributed by atoms with Gasteiger partial charge >= 0.3 is 5.97 Å². The second kappa shape index (κ2) is 4.97. The van der Waals surface area contributed by atoms with E-state index < -0.39 is 5.97 Å². The van der Waals surface area contributed by atoms with Crippen LogP contribution in [-0.2, 0) is 11.2 Å². The van der Waals surface area contributed by atoms with Gasteiger partial charge in [0.15, 0.2) is 0 Å². The maximum Gasteiger partial charge on any atom is 0.307 e. The summed E-state index contributed by atoms with van der Waals surface area (Å²) >= 11 is 1.54. The molecule has 3 nitrogen and oxygen atoms in total.